The SMILES string of the molecule is CN[C@@H](Cc1cccc(-c2ccncc2)c1)C(=O)O. The van der Waals surface area contributed by atoms with Crippen molar-refractivity contribution >= 4 is 5.97 Å². The van der Waals surface area contributed by atoms with E-state index < -0.39 is 12.0 Å². The Kier molecular flexibility index (Phi) is 4.26. The monoisotopic (exact) mass is 256 g/mol. The number of nitrogens with zero attached hydrogens (tertiary/aromatic N) is 1. The van der Waals surface area contributed by atoms with E-state index in [0.29, 0.717) is 6.42 Å². The van der Waals surface area contributed by atoms with Gasteiger partial charge >= 0.3 is 5.97 Å². The van der Waals surface area contributed by atoms with Crippen LogP contribution in [-0.2, 0) is 11.2 Å². The van der Waals surface area contributed by atoms with Gasteiger partial charge in [0.05, 0.1) is 0 Å². The van der Waals surface area contributed by atoms with Crippen LogP contribution in [0, 0.1) is 0 Å². The molecular weight excluding hydrogens is 240 g/mol. The smallest absolute Gasteiger partial charge is 0.321 e. The van der Waals surface area contributed by atoms with Gasteiger partial charge in [-0.3, -0.25) is 9.78 Å². The molecule has 0 aliphatic heterocycles. The van der Waals surface area contributed by atoms with Gasteiger partial charge in [-0.05, 0) is 42.3 Å². The summed E-state index contributed by atoms with van der Waals surface area (Å²) in [6.45, 7) is 0. The highest BCUT2D eigenvalue weighted by atomic mass is 16.4. The minimum atomic E-state index is -0.836. The average Bonchev–Trinajstić information content (AvgIpc) is 2.45. The van der Waals surface area contributed by atoms with Gasteiger partial charge in [0.15, 0.2) is 0 Å². The summed E-state index contributed by atoms with van der Waals surface area (Å²) in [6, 6.07) is 11.2. The van der Waals surface area contributed by atoms with Crippen molar-refractivity contribution in [3.63, 3.8) is 0 Å². The van der Waals surface area contributed by atoms with E-state index >= 15 is 0 Å². The van der Waals surface area contributed by atoms with E-state index in [-0.39, 0.29) is 0 Å². The van der Waals surface area contributed by atoms with Crippen LogP contribution in [0.2, 0.25) is 0 Å². The summed E-state index contributed by atoms with van der Waals surface area (Å²) in [5.41, 5.74) is 3.14. The number of hydrogen-bond acceptors (Lipinski definition) is 3. The summed E-state index contributed by atoms with van der Waals surface area (Å²) in [7, 11) is 1.66. The second kappa shape index (κ2) is 6.11. The van der Waals surface area contributed by atoms with Gasteiger partial charge in [-0.15, -0.1) is 0 Å². The molecule has 2 N–H and O–H groups in total. The third kappa shape index (κ3) is 3.39. The number of carboxylic acids is 1. The molecule has 0 radical (unpaired) electrons. The van der Waals surface area contributed by atoms with Crippen molar-refractivity contribution in [3.05, 3.63) is 54.4 Å². The Labute approximate surface area is 112 Å². The third-order valence-corrected chi connectivity index (χ3v) is 3.03. The largest absolute Gasteiger partial charge is 0.480 e. The zero-order chi connectivity index (χ0) is 13.7. The molecule has 1 atom stereocenters. The fourth-order valence-electron chi connectivity index (χ4n) is 1.97. The predicted molar refractivity (Wildman–Crippen MR) is 73.9 cm³/mol. The van der Waals surface area contributed by atoms with Crippen LogP contribution in [0.1, 0.15) is 5.56 Å². The van der Waals surface area contributed by atoms with Crippen molar-refractivity contribution in [2.45, 2.75) is 12.5 Å². The molecule has 0 bridgehead atoms. The Morgan fingerprint density at radius 2 is 2.00 bits per heavy atom. The first-order valence-electron chi connectivity index (χ1n) is 6.10. The molecule has 1 aromatic carbocycles. The first-order valence-corrected chi connectivity index (χ1v) is 6.10. The van der Waals surface area contributed by atoms with Crippen LogP contribution in [0.5, 0.6) is 0 Å². The van der Waals surface area contributed by atoms with Crippen LogP contribution in [0.4, 0.5) is 0 Å². The number of aliphatic carboxylic acids is 1. The van der Waals surface area contributed by atoms with Gasteiger partial charge < -0.3 is 10.4 Å². The molecule has 0 saturated carbocycles. The van der Waals surface area contributed by atoms with Crippen molar-refractivity contribution in [2.24, 2.45) is 0 Å². The minimum Gasteiger partial charge on any atom is -0.480 e. The van der Waals surface area contributed by atoms with Gasteiger partial charge in [0, 0.05) is 12.4 Å². The summed E-state index contributed by atoms with van der Waals surface area (Å²) < 4.78 is 0. The molecule has 4 heteroatoms. The minimum absolute atomic E-state index is 0.463. The molecule has 4 nitrogen and oxygen atoms in total. The molecule has 2 rings (SSSR count). The molecule has 1 heterocycles. The van der Waals surface area contributed by atoms with Crippen LogP contribution >= 0.6 is 0 Å². The molecule has 0 unspecified atom stereocenters. The summed E-state index contributed by atoms with van der Waals surface area (Å²) in [5.74, 6) is -0.836. The highest BCUT2D eigenvalue weighted by Gasteiger charge is 2.15. The highest BCUT2D eigenvalue weighted by Crippen LogP contribution is 2.20. The number of nitrogens with one attached hydrogen (secondary N) is 1. The predicted octanol–water partition coefficient (Wildman–Crippen LogP) is 1.96. The third-order valence-electron chi connectivity index (χ3n) is 3.03. The Morgan fingerprint density at radius 3 is 2.63 bits per heavy atom. The van der Waals surface area contributed by atoms with Crippen LogP contribution < -0.4 is 5.32 Å². The quantitative estimate of drug-likeness (QED) is 0.858. The summed E-state index contributed by atoms with van der Waals surface area (Å²) in [5, 5.41) is 11.8. The molecule has 19 heavy (non-hydrogen) atoms. The van der Waals surface area contributed by atoms with Crippen LogP contribution in [0.3, 0.4) is 0 Å². The number of carboxylic acid groups (broad SMARTS) is 1. The van der Waals surface area contributed by atoms with Crippen LogP contribution in [-0.4, -0.2) is 29.1 Å². The normalized spacial score (nSPS) is 12.1. The number of pyridine rings is 1. The van der Waals surface area contributed by atoms with E-state index in [1.807, 2.05) is 36.4 Å². The molecule has 0 aliphatic rings. The average molecular weight is 256 g/mol. The maximum atomic E-state index is 11.0. The number of likely N-dealkylation sites (N-methyl/N-ethyl adjacent to an activating group) is 1. The Morgan fingerprint density at radius 1 is 1.26 bits per heavy atom. The van der Waals surface area contributed by atoms with Crippen molar-refractivity contribution in [1.82, 2.24) is 10.3 Å². The standard InChI is InChI=1S/C15H16N2O2/c1-16-14(15(18)19)10-11-3-2-4-13(9-11)12-5-7-17-8-6-12/h2-9,14,16H,10H2,1H3,(H,18,19)/t14-/m0/s1. The van der Waals surface area contributed by atoms with Crippen molar-refractivity contribution < 1.29 is 9.90 Å². The fourth-order valence-corrected chi connectivity index (χ4v) is 1.97. The zero-order valence-electron chi connectivity index (χ0n) is 10.7. The zero-order valence-corrected chi connectivity index (χ0v) is 10.7. The second-order valence-corrected chi connectivity index (χ2v) is 4.32. The molecule has 0 fully saturated rings. The Balaban J connectivity index is 2.23. The number of carbonyl (C=O) groups is 1. The lowest BCUT2D eigenvalue weighted by Gasteiger charge is -2.12. The van der Waals surface area contributed by atoms with E-state index in [1.165, 1.54) is 0 Å². The van der Waals surface area contributed by atoms with Crippen LogP contribution in [0.15, 0.2) is 48.8 Å². The number of hydrogen-bond donors (Lipinski definition) is 2. The number of benzene rings is 1. The first-order chi connectivity index (χ1) is 9.20. The maximum Gasteiger partial charge on any atom is 0.321 e. The summed E-state index contributed by atoms with van der Waals surface area (Å²) in [4.78, 5) is 15.0. The highest BCUT2D eigenvalue weighted by molar-refractivity contribution is 5.74. The number of aromatic nitrogens is 1. The van der Waals surface area contributed by atoms with Gasteiger partial charge in [0.25, 0.3) is 0 Å². The topological polar surface area (TPSA) is 62.2 Å². The van der Waals surface area contributed by atoms with E-state index in [0.717, 1.165) is 16.7 Å². The molecule has 0 spiro atoms. The summed E-state index contributed by atoms with van der Waals surface area (Å²) in [6.07, 6.45) is 3.95. The molecule has 0 amide bonds. The second-order valence-electron chi connectivity index (χ2n) is 4.32. The van der Waals surface area contributed by atoms with Gasteiger partial charge in [0.2, 0.25) is 0 Å². The molecule has 98 valence electrons. The van der Waals surface area contributed by atoms with Crippen LogP contribution in [0.25, 0.3) is 11.1 Å². The molecule has 2 aromatic rings. The molecular formula is C15H16N2O2. The van der Waals surface area contributed by atoms with E-state index in [9.17, 15) is 4.79 Å². The molecule has 0 saturated heterocycles. The maximum absolute atomic E-state index is 11.0. The van der Waals surface area contributed by atoms with Gasteiger partial charge in [-0.2, -0.15) is 0 Å². The lowest BCUT2D eigenvalue weighted by Crippen LogP contribution is -2.35. The first kappa shape index (κ1) is 13.2. The Hall–Kier alpha value is -2.20. The van der Waals surface area contributed by atoms with E-state index in [2.05, 4.69) is 10.3 Å². The lowest BCUT2D eigenvalue weighted by atomic mass is 10.00. The summed E-state index contributed by atoms with van der Waals surface area (Å²) >= 11 is 0. The van der Waals surface area contributed by atoms with Gasteiger partial charge in [0.1, 0.15) is 6.04 Å². The van der Waals surface area contributed by atoms with Gasteiger partial charge in [-0.25, -0.2) is 0 Å². The molecule has 0 aliphatic carbocycles. The fraction of sp³-hybridized carbons (Fsp3) is 0.200. The lowest BCUT2D eigenvalue weighted by molar-refractivity contribution is -0.139. The van der Waals surface area contributed by atoms with Crippen molar-refractivity contribution in [3.8, 4) is 11.1 Å². The van der Waals surface area contributed by atoms with Crippen molar-refractivity contribution in [1.29, 1.82) is 0 Å². The number of rotatable bonds is 5. The molecule has 1 aromatic heterocycles. The van der Waals surface area contributed by atoms with E-state index in [4.69, 9.17) is 5.11 Å². The van der Waals surface area contributed by atoms with Gasteiger partial charge in [-0.1, -0.05) is 24.3 Å². The van der Waals surface area contributed by atoms with E-state index in [1.54, 1.807) is 19.4 Å². The Bertz CT molecular complexity index is 555. The van der Waals surface area contributed by atoms with Crippen molar-refractivity contribution in [2.75, 3.05) is 7.05 Å².